The molecule has 0 heterocycles. The summed E-state index contributed by atoms with van der Waals surface area (Å²) >= 11 is 0. The van der Waals surface area contributed by atoms with E-state index in [1.807, 2.05) is 52.0 Å². The van der Waals surface area contributed by atoms with Crippen molar-refractivity contribution in [3.63, 3.8) is 0 Å². The van der Waals surface area contributed by atoms with E-state index in [1.165, 1.54) is 12.1 Å². The fourth-order valence-electron chi connectivity index (χ4n) is 3.36. The highest BCUT2D eigenvalue weighted by molar-refractivity contribution is 7.91. The zero-order valence-electron chi connectivity index (χ0n) is 17.5. The Morgan fingerprint density at radius 3 is 2.10 bits per heavy atom. The Morgan fingerprint density at radius 1 is 0.967 bits per heavy atom. The summed E-state index contributed by atoms with van der Waals surface area (Å²) in [5.41, 5.74) is 1.79. The molecule has 1 unspecified atom stereocenters. The van der Waals surface area contributed by atoms with Gasteiger partial charge in [-0.1, -0.05) is 58.0 Å². The van der Waals surface area contributed by atoms with E-state index in [0.717, 1.165) is 10.8 Å². The standard InChI is InChI=1S/C23H26FN3O2S/c1-14(2)20-12-18(24)13-21(15(3)4)22(20)26-23(28)27-30(25,29)19-10-9-16-7-5-6-8-17(16)11-19/h5-15H,1-4H3,(H3,25,26,27,28,29). The van der Waals surface area contributed by atoms with E-state index in [2.05, 4.69) is 9.68 Å². The molecular formula is C23H26FN3O2S. The van der Waals surface area contributed by atoms with Gasteiger partial charge in [0, 0.05) is 5.69 Å². The molecule has 0 saturated heterocycles. The number of nitrogens with zero attached hydrogens (tertiary/aromatic N) is 1. The van der Waals surface area contributed by atoms with Crippen LogP contribution in [0.25, 0.3) is 10.8 Å². The van der Waals surface area contributed by atoms with Gasteiger partial charge in [0.2, 0.25) is 0 Å². The molecule has 3 N–H and O–H groups in total. The zero-order chi connectivity index (χ0) is 22.1. The summed E-state index contributed by atoms with van der Waals surface area (Å²) in [7, 11) is -3.46. The van der Waals surface area contributed by atoms with Crippen molar-refractivity contribution in [2.24, 2.45) is 9.50 Å². The van der Waals surface area contributed by atoms with Crippen LogP contribution in [-0.2, 0) is 9.92 Å². The van der Waals surface area contributed by atoms with Crippen LogP contribution in [0.15, 0.2) is 63.9 Å². The summed E-state index contributed by atoms with van der Waals surface area (Å²) in [5, 5.41) is 10.5. The van der Waals surface area contributed by atoms with Crippen molar-refractivity contribution in [3.05, 3.63) is 71.5 Å². The first-order chi connectivity index (χ1) is 14.1. The third-order valence-corrected chi connectivity index (χ3v) is 6.28. The Kier molecular flexibility index (Phi) is 6.24. The number of urea groups is 1. The van der Waals surface area contributed by atoms with E-state index in [1.54, 1.807) is 18.2 Å². The van der Waals surface area contributed by atoms with Crippen molar-refractivity contribution in [2.75, 3.05) is 5.32 Å². The topological polar surface area (TPSA) is 84.6 Å². The average molecular weight is 428 g/mol. The average Bonchev–Trinajstić information content (AvgIpc) is 2.67. The van der Waals surface area contributed by atoms with E-state index < -0.39 is 15.9 Å². The SMILES string of the molecule is CC(C)c1cc(F)cc(C(C)C)c1NC(=O)N=S(N)(=O)c1ccc2ccccc2c1. The molecule has 3 aromatic rings. The van der Waals surface area contributed by atoms with Crippen molar-refractivity contribution < 1.29 is 13.4 Å². The van der Waals surface area contributed by atoms with Crippen LogP contribution in [0, 0.1) is 5.82 Å². The number of rotatable bonds is 4. The maximum absolute atomic E-state index is 14.1. The third-order valence-electron chi connectivity index (χ3n) is 4.92. The van der Waals surface area contributed by atoms with Gasteiger partial charge in [-0.2, -0.15) is 0 Å². The van der Waals surface area contributed by atoms with Gasteiger partial charge in [-0.3, -0.25) is 0 Å². The number of carbonyl (C=O) groups excluding carboxylic acids is 1. The molecule has 0 spiro atoms. The number of hydrogen-bond donors (Lipinski definition) is 2. The zero-order valence-corrected chi connectivity index (χ0v) is 18.3. The van der Waals surface area contributed by atoms with Gasteiger partial charge in [-0.15, -0.1) is 4.36 Å². The second-order valence-electron chi connectivity index (χ2n) is 7.87. The van der Waals surface area contributed by atoms with Crippen LogP contribution in [0.5, 0.6) is 0 Å². The van der Waals surface area contributed by atoms with Crippen LogP contribution in [0.4, 0.5) is 14.9 Å². The van der Waals surface area contributed by atoms with Gasteiger partial charge >= 0.3 is 6.03 Å². The minimum atomic E-state index is -3.46. The number of halogens is 1. The van der Waals surface area contributed by atoms with Crippen molar-refractivity contribution in [2.45, 2.75) is 44.4 Å². The van der Waals surface area contributed by atoms with Gasteiger partial charge in [0.15, 0.2) is 0 Å². The van der Waals surface area contributed by atoms with Gasteiger partial charge in [0.1, 0.15) is 15.7 Å². The van der Waals surface area contributed by atoms with E-state index in [4.69, 9.17) is 5.14 Å². The van der Waals surface area contributed by atoms with Crippen molar-refractivity contribution in [1.82, 2.24) is 0 Å². The number of fused-ring (bicyclic) bond motifs is 1. The summed E-state index contributed by atoms with van der Waals surface area (Å²) in [6.07, 6.45) is 0. The first-order valence-corrected chi connectivity index (χ1v) is 11.3. The first-order valence-electron chi connectivity index (χ1n) is 9.76. The molecule has 2 amide bonds. The normalized spacial score (nSPS) is 13.5. The Labute approximate surface area is 176 Å². The number of benzene rings is 3. The van der Waals surface area contributed by atoms with Crippen LogP contribution < -0.4 is 10.5 Å². The van der Waals surface area contributed by atoms with Gasteiger partial charge in [0.05, 0.1) is 4.90 Å². The van der Waals surface area contributed by atoms with Crippen LogP contribution in [-0.4, -0.2) is 10.2 Å². The van der Waals surface area contributed by atoms with E-state index in [-0.39, 0.29) is 22.5 Å². The molecule has 0 aliphatic heterocycles. The maximum Gasteiger partial charge on any atom is 0.354 e. The molecule has 0 fully saturated rings. The highest BCUT2D eigenvalue weighted by Gasteiger charge is 2.19. The van der Waals surface area contributed by atoms with Gasteiger partial charge in [-0.25, -0.2) is 18.5 Å². The maximum atomic E-state index is 14.1. The van der Waals surface area contributed by atoms with Gasteiger partial charge in [0.25, 0.3) is 0 Å². The molecule has 0 aliphatic rings. The molecule has 0 radical (unpaired) electrons. The van der Waals surface area contributed by atoms with Gasteiger partial charge in [-0.05, 0) is 58.0 Å². The van der Waals surface area contributed by atoms with Crippen LogP contribution in [0.2, 0.25) is 0 Å². The lowest BCUT2D eigenvalue weighted by atomic mass is 9.92. The highest BCUT2D eigenvalue weighted by atomic mass is 32.2. The van der Waals surface area contributed by atoms with Gasteiger partial charge < -0.3 is 5.32 Å². The lowest BCUT2D eigenvalue weighted by Crippen LogP contribution is -2.19. The van der Waals surface area contributed by atoms with Crippen molar-refractivity contribution in [3.8, 4) is 0 Å². The molecule has 7 heteroatoms. The minimum Gasteiger partial charge on any atom is -0.305 e. The Hall–Kier alpha value is -2.77. The molecule has 158 valence electrons. The summed E-state index contributed by atoms with van der Waals surface area (Å²) < 4.78 is 30.9. The first kappa shape index (κ1) is 21.9. The summed E-state index contributed by atoms with van der Waals surface area (Å²) in [4.78, 5) is 12.9. The number of amides is 2. The molecule has 3 rings (SSSR count). The van der Waals surface area contributed by atoms with Crippen molar-refractivity contribution in [1.29, 1.82) is 0 Å². The Morgan fingerprint density at radius 2 is 1.53 bits per heavy atom. The molecule has 0 bridgehead atoms. The van der Waals surface area contributed by atoms with Crippen LogP contribution >= 0.6 is 0 Å². The predicted octanol–water partition coefficient (Wildman–Crippen LogP) is 6.16. The number of nitrogens with two attached hydrogens (primary N) is 1. The fraction of sp³-hybridized carbons (Fsp3) is 0.261. The summed E-state index contributed by atoms with van der Waals surface area (Å²) in [5.74, 6) is -0.427. The third kappa shape index (κ3) is 4.68. The molecular weight excluding hydrogens is 401 g/mol. The van der Waals surface area contributed by atoms with E-state index in [9.17, 15) is 13.4 Å². The van der Waals surface area contributed by atoms with Crippen LogP contribution in [0.1, 0.15) is 50.7 Å². The highest BCUT2D eigenvalue weighted by Crippen LogP contribution is 2.33. The number of nitrogens with one attached hydrogen (secondary N) is 1. The monoisotopic (exact) mass is 427 g/mol. The summed E-state index contributed by atoms with van der Waals surface area (Å²) in [6, 6.07) is 14.6. The number of hydrogen-bond acceptors (Lipinski definition) is 2. The molecule has 1 atom stereocenters. The Bertz CT molecular complexity index is 1200. The molecule has 3 aromatic carbocycles. The fourth-order valence-corrected chi connectivity index (χ4v) is 4.32. The lowest BCUT2D eigenvalue weighted by Gasteiger charge is -2.20. The second-order valence-corrected chi connectivity index (χ2v) is 9.66. The predicted molar refractivity (Wildman–Crippen MR) is 121 cm³/mol. The van der Waals surface area contributed by atoms with Crippen molar-refractivity contribution >= 4 is 32.4 Å². The summed E-state index contributed by atoms with van der Waals surface area (Å²) in [6.45, 7) is 7.64. The Balaban J connectivity index is 2.01. The minimum absolute atomic E-state index is 0.0313. The lowest BCUT2D eigenvalue weighted by molar-refractivity contribution is 0.260. The van der Waals surface area contributed by atoms with Crippen LogP contribution in [0.3, 0.4) is 0 Å². The molecule has 0 aliphatic carbocycles. The number of anilines is 1. The smallest absolute Gasteiger partial charge is 0.305 e. The molecule has 30 heavy (non-hydrogen) atoms. The molecule has 0 aromatic heterocycles. The number of carbonyl (C=O) groups is 1. The van der Waals surface area contributed by atoms with E-state index >= 15 is 0 Å². The van der Waals surface area contributed by atoms with E-state index in [0.29, 0.717) is 16.8 Å². The molecule has 0 saturated carbocycles. The molecule has 5 nitrogen and oxygen atoms in total. The largest absolute Gasteiger partial charge is 0.354 e. The quantitative estimate of drug-likeness (QED) is 0.523. The second kappa shape index (κ2) is 8.53.